The Kier molecular flexibility index (Phi) is 7.02. The van der Waals surface area contributed by atoms with Crippen LogP contribution in [-0.2, 0) is 6.18 Å². The van der Waals surface area contributed by atoms with Crippen LogP contribution in [0, 0.1) is 12.7 Å². The van der Waals surface area contributed by atoms with Crippen LogP contribution in [0.3, 0.4) is 0 Å². The van der Waals surface area contributed by atoms with E-state index < -0.39 is 45.5 Å². The Labute approximate surface area is 270 Å². The minimum Gasteiger partial charge on any atom is -0.489 e. The quantitative estimate of drug-likeness (QED) is 0.328. The van der Waals surface area contributed by atoms with E-state index in [0.29, 0.717) is 19.5 Å². The van der Waals surface area contributed by atoms with Gasteiger partial charge in [0.2, 0.25) is 0 Å². The summed E-state index contributed by atoms with van der Waals surface area (Å²) in [6.07, 6.45) is -3.33. The number of halogens is 7. The number of piperazine rings is 1. The number of rotatable bonds is 4. The molecule has 0 spiro atoms. The third-order valence-electron chi connectivity index (χ3n) is 10.3. The minimum atomic E-state index is -4.92. The van der Waals surface area contributed by atoms with Crippen LogP contribution in [0.15, 0.2) is 17.7 Å². The topological polar surface area (TPSA) is 102 Å². The van der Waals surface area contributed by atoms with E-state index in [1.807, 2.05) is 9.80 Å². The number of benzene rings is 1. The van der Waals surface area contributed by atoms with Crippen LogP contribution in [0.2, 0.25) is 5.02 Å². The van der Waals surface area contributed by atoms with E-state index in [-0.39, 0.29) is 89.7 Å². The molecule has 250 valence electrons. The number of nitrogen functional groups attached to an aromatic ring is 1. The number of aromatic nitrogens is 3. The highest BCUT2D eigenvalue weighted by Crippen LogP contribution is 2.51. The molecule has 3 N–H and O–H groups in total. The highest BCUT2D eigenvalue weighted by Gasteiger charge is 2.49. The Morgan fingerprint density at radius 3 is 2.81 bits per heavy atom. The van der Waals surface area contributed by atoms with Gasteiger partial charge in [0.1, 0.15) is 30.4 Å². The van der Waals surface area contributed by atoms with Crippen molar-refractivity contribution in [2.24, 2.45) is 0 Å². The molecule has 0 radical (unpaired) electrons. The average molecular weight is 682 g/mol. The number of anilines is 2. The molecule has 1 aromatic carbocycles. The van der Waals surface area contributed by atoms with Crippen molar-refractivity contribution in [3.63, 3.8) is 0 Å². The number of nitrogens with zero attached hydrogens (tertiary/aromatic N) is 5. The van der Waals surface area contributed by atoms with Crippen molar-refractivity contribution in [2.45, 2.75) is 68.9 Å². The number of hydrogen-bond donors (Lipinski definition) is 2. The van der Waals surface area contributed by atoms with E-state index >= 15 is 4.39 Å². The first-order chi connectivity index (χ1) is 22.3. The van der Waals surface area contributed by atoms with E-state index in [1.54, 1.807) is 0 Å². The zero-order chi connectivity index (χ0) is 33.0. The number of hydrogen-bond acceptors (Lipinski definition) is 9. The summed E-state index contributed by atoms with van der Waals surface area (Å²) in [6.45, 7) is 2.52. The van der Waals surface area contributed by atoms with Crippen LogP contribution in [0.5, 0.6) is 11.8 Å². The van der Waals surface area contributed by atoms with Crippen molar-refractivity contribution in [3.05, 3.63) is 39.7 Å². The predicted octanol–water partition coefficient (Wildman–Crippen LogP) is 5.86. The second kappa shape index (κ2) is 10.7. The molecule has 9 nitrogen and oxygen atoms in total. The Hall–Kier alpha value is -3.56. The van der Waals surface area contributed by atoms with Crippen LogP contribution < -0.4 is 25.4 Å². The van der Waals surface area contributed by atoms with Gasteiger partial charge in [-0.05, 0) is 57.2 Å². The van der Waals surface area contributed by atoms with E-state index in [9.17, 15) is 22.0 Å². The van der Waals surface area contributed by atoms with Gasteiger partial charge in [-0.15, -0.1) is 0 Å². The van der Waals surface area contributed by atoms with Crippen molar-refractivity contribution in [1.29, 1.82) is 0 Å². The first-order valence-corrected chi connectivity index (χ1v) is 15.9. The predicted molar refractivity (Wildman–Crippen MR) is 161 cm³/mol. The third-order valence-corrected chi connectivity index (χ3v) is 10.7. The molecule has 0 amide bonds. The highest BCUT2D eigenvalue weighted by molar-refractivity contribution is 6.36. The number of aryl methyl sites for hydroxylation is 1. The molecule has 3 aromatic rings. The molecule has 0 unspecified atom stereocenters. The van der Waals surface area contributed by atoms with Gasteiger partial charge in [-0.2, -0.15) is 31.9 Å². The van der Waals surface area contributed by atoms with Crippen molar-refractivity contribution in [3.8, 4) is 23.0 Å². The molecule has 4 fully saturated rings. The summed E-state index contributed by atoms with van der Waals surface area (Å²) in [5.41, 5.74) is 1.97. The van der Waals surface area contributed by atoms with Crippen molar-refractivity contribution < 1.29 is 35.8 Å². The van der Waals surface area contributed by atoms with Crippen molar-refractivity contribution in [1.82, 2.24) is 25.2 Å². The maximum Gasteiger partial charge on any atom is 0.418 e. The van der Waals surface area contributed by atoms with E-state index in [2.05, 4.69) is 15.3 Å². The Bertz CT molecular complexity index is 1850. The fourth-order valence-electron chi connectivity index (χ4n) is 8.26. The molecular weight excluding hydrogens is 652 g/mol. The second-order valence-corrected chi connectivity index (χ2v) is 13.5. The lowest BCUT2D eigenvalue weighted by atomic mass is 9.94. The second-order valence-electron chi connectivity index (χ2n) is 13.1. The van der Waals surface area contributed by atoms with Gasteiger partial charge in [0, 0.05) is 30.7 Å². The minimum absolute atomic E-state index is 0.0147. The Balaban J connectivity index is 1.32. The molecule has 0 saturated carbocycles. The smallest absolute Gasteiger partial charge is 0.418 e. The van der Waals surface area contributed by atoms with Crippen molar-refractivity contribution >= 4 is 34.1 Å². The summed E-state index contributed by atoms with van der Waals surface area (Å²) in [4.78, 5) is 17.0. The lowest BCUT2D eigenvalue weighted by Crippen LogP contribution is -2.60. The van der Waals surface area contributed by atoms with Gasteiger partial charge in [0.25, 0.3) is 6.08 Å². The van der Waals surface area contributed by atoms with E-state index in [1.165, 1.54) is 6.92 Å². The van der Waals surface area contributed by atoms with Crippen LogP contribution in [0.4, 0.5) is 38.0 Å². The molecule has 5 aliphatic heterocycles. The zero-order valence-electron chi connectivity index (χ0n) is 25.2. The van der Waals surface area contributed by atoms with Gasteiger partial charge in [-0.3, -0.25) is 4.90 Å². The fourth-order valence-corrected chi connectivity index (χ4v) is 8.58. The summed E-state index contributed by atoms with van der Waals surface area (Å²) >= 11 is 6.79. The molecule has 2 aromatic heterocycles. The van der Waals surface area contributed by atoms with Gasteiger partial charge in [0.05, 0.1) is 38.8 Å². The third kappa shape index (κ3) is 4.78. The van der Waals surface area contributed by atoms with Crippen molar-refractivity contribution in [2.75, 3.05) is 43.5 Å². The monoisotopic (exact) mass is 681 g/mol. The molecule has 8 rings (SSSR count). The molecule has 16 heteroatoms. The molecule has 47 heavy (non-hydrogen) atoms. The largest absolute Gasteiger partial charge is 0.489 e. The zero-order valence-corrected chi connectivity index (χ0v) is 25.9. The summed E-state index contributed by atoms with van der Waals surface area (Å²) in [6, 6.07) is 0.712. The molecule has 4 atom stereocenters. The lowest BCUT2D eigenvalue weighted by Gasteiger charge is -2.40. The first kappa shape index (κ1) is 30.8. The first-order valence-electron chi connectivity index (χ1n) is 15.5. The maximum atomic E-state index is 16.9. The van der Waals surface area contributed by atoms with E-state index in [0.717, 1.165) is 25.3 Å². The standard InChI is InChI=1S/C31H30ClF6N7O2/c1-13-7-18(39)41-24(21(13)31(36,37)38)19-22(32)26-20-25(23(19)33)42-29(47-12-30-5-2-6-44(30)9-14(8-30)27(34)35)43-28(20)45-10-15-3-4-16(40-15)17(45)11-46-26/h7,15-17,40H,2-6,8-12H2,1H3,(H2,39,41)/t15-,16+,17-,30+/m1/s1. The summed E-state index contributed by atoms with van der Waals surface area (Å²) < 4.78 is 99.7. The van der Waals surface area contributed by atoms with Gasteiger partial charge in [0.15, 0.2) is 11.6 Å². The van der Waals surface area contributed by atoms with Gasteiger partial charge in [-0.25, -0.2) is 9.37 Å². The van der Waals surface area contributed by atoms with Gasteiger partial charge < -0.3 is 25.4 Å². The fraction of sp³-hybridized carbons (Fsp3) is 0.516. The average Bonchev–Trinajstić information content (AvgIpc) is 3.65. The van der Waals surface area contributed by atoms with Gasteiger partial charge >= 0.3 is 12.2 Å². The number of alkyl halides is 3. The number of nitrogens with two attached hydrogens (primary N) is 1. The molecule has 7 heterocycles. The van der Waals surface area contributed by atoms with Crippen LogP contribution in [0.25, 0.3) is 22.2 Å². The van der Waals surface area contributed by atoms with Crippen LogP contribution in [0.1, 0.15) is 43.2 Å². The molecule has 4 saturated heterocycles. The summed E-state index contributed by atoms with van der Waals surface area (Å²) in [5.74, 6) is -1.21. The highest BCUT2D eigenvalue weighted by atomic mass is 35.5. The Morgan fingerprint density at radius 2 is 2.04 bits per heavy atom. The maximum absolute atomic E-state index is 16.9. The molecule has 5 aliphatic rings. The summed E-state index contributed by atoms with van der Waals surface area (Å²) in [7, 11) is 0. The summed E-state index contributed by atoms with van der Waals surface area (Å²) in [5, 5.41) is 3.26. The molecule has 0 aliphatic carbocycles. The van der Waals surface area contributed by atoms with Crippen LogP contribution in [-0.4, -0.2) is 76.4 Å². The lowest BCUT2D eigenvalue weighted by molar-refractivity contribution is -0.137. The van der Waals surface area contributed by atoms with Gasteiger partial charge in [-0.1, -0.05) is 11.6 Å². The molecule has 2 bridgehead atoms. The number of fused-ring (bicyclic) bond motifs is 6. The number of pyridine rings is 1. The normalized spacial score (nSPS) is 26.8. The number of nitrogens with one attached hydrogen (secondary N) is 1. The SMILES string of the molecule is Cc1cc(N)nc(-c2c(Cl)c3c4c(nc(OC[C@@]56CCCN5CC(=C(F)F)C6)nc4c2F)N2C[C@H]4CC[C@H](N4)[C@H]2CO3)c1C(F)(F)F. The van der Waals surface area contributed by atoms with Crippen LogP contribution >= 0.6 is 11.6 Å². The number of ether oxygens (including phenoxy) is 2. The Morgan fingerprint density at radius 1 is 1.23 bits per heavy atom. The van der Waals surface area contributed by atoms with E-state index in [4.69, 9.17) is 31.8 Å². The molecular formula is C31H30ClF6N7O2.